The highest BCUT2D eigenvalue weighted by Crippen LogP contribution is 2.34. The summed E-state index contributed by atoms with van der Waals surface area (Å²) in [6.45, 7) is 2.12. The number of halogens is 1. The van der Waals surface area contributed by atoms with Crippen molar-refractivity contribution in [3.63, 3.8) is 0 Å². The van der Waals surface area contributed by atoms with Gasteiger partial charge in [0.1, 0.15) is 0 Å². The van der Waals surface area contributed by atoms with Crippen LogP contribution in [0.5, 0.6) is 0 Å². The van der Waals surface area contributed by atoms with Gasteiger partial charge in [-0.05, 0) is 31.9 Å². The highest BCUT2D eigenvalue weighted by molar-refractivity contribution is 7.99. The zero-order valence-corrected chi connectivity index (χ0v) is 10.9. The molecule has 1 aliphatic heterocycles. The standard InChI is InChI=1S/C12H16ClNOS/c1-8-5-6-9(15-8)7-16-12-10(13)3-2-4-11(12)14/h2-4,8-9H,5-7,14H2,1H3. The summed E-state index contributed by atoms with van der Waals surface area (Å²) in [4.78, 5) is 0.979. The largest absolute Gasteiger partial charge is 0.398 e. The van der Waals surface area contributed by atoms with Crippen LogP contribution < -0.4 is 5.73 Å². The number of nitrogen functional groups attached to an aromatic ring is 1. The molecule has 16 heavy (non-hydrogen) atoms. The third-order valence-electron chi connectivity index (χ3n) is 2.73. The Morgan fingerprint density at radius 1 is 1.50 bits per heavy atom. The molecule has 1 aromatic rings. The van der Waals surface area contributed by atoms with E-state index in [1.165, 1.54) is 0 Å². The first kappa shape index (κ1) is 12.1. The molecule has 2 N–H and O–H groups in total. The molecule has 2 nitrogen and oxygen atoms in total. The Balaban J connectivity index is 1.94. The Bertz CT molecular complexity index is 352. The molecule has 2 rings (SSSR count). The fourth-order valence-corrected chi connectivity index (χ4v) is 3.25. The maximum absolute atomic E-state index is 6.10. The molecule has 0 aliphatic carbocycles. The lowest BCUT2D eigenvalue weighted by Gasteiger charge is -2.12. The average molecular weight is 258 g/mol. The van der Waals surface area contributed by atoms with E-state index in [0.29, 0.717) is 12.2 Å². The van der Waals surface area contributed by atoms with Gasteiger partial charge in [-0.3, -0.25) is 0 Å². The Morgan fingerprint density at radius 2 is 2.31 bits per heavy atom. The summed E-state index contributed by atoms with van der Waals surface area (Å²) in [6.07, 6.45) is 3.03. The van der Waals surface area contributed by atoms with Gasteiger partial charge in [0, 0.05) is 16.3 Å². The van der Waals surface area contributed by atoms with Crippen LogP contribution >= 0.6 is 23.4 Å². The number of rotatable bonds is 3. The van der Waals surface area contributed by atoms with Gasteiger partial charge >= 0.3 is 0 Å². The van der Waals surface area contributed by atoms with Crippen molar-refractivity contribution in [3.8, 4) is 0 Å². The second-order valence-corrected chi connectivity index (χ2v) is 5.55. The summed E-state index contributed by atoms with van der Waals surface area (Å²) in [5.74, 6) is 0.929. The SMILES string of the molecule is CC1CCC(CSc2c(N)cccc2Cl)O1. The molecule has 1 heterocycles. The Morgan fingerprint density at radius 3 is 2.94 bits per heavy atom. The molecule has 0 bridgehead atoms. The smallest absolute Gasteiger partial charge is 0.0673 e. The van der Waals surface area contributed by atoms with E-state index in [4.69, 9.17) is 22.1 Å². The van der Waals surface area contributed by atoms with Gasteiger partial charge in [-0.25, -0.2) is 0 Å². The number of anilines is 1. The molecular weight excluding hydrogens is 242 g/mol. The molecule has 2 atom stereocenters. The second kappa shape index (κ2) is 5.30. The van der Waals surface area contributed by atoms with E-state index < -0.39 is 0 Å². The molecule has 0 aromatic heterocycles. The molecule has 1 fully saturated rings. The Hall–Kier alpha value is -0.380. The zero-order chi connectivity index (χ0) is 11.5. The first-order valence-corrected chi connectivity index (χ1v) is 6.85. The molecule has 0 amide bonds. The molecule has 1 aliphatic rings. The van der Waals surface area contributed by atoms with E-state index in [1.54, 1.807) is 11.8 Å². The fourth-order valence-electron chi connectivity index (χ4n) is 1.86. The predicted molar refractivity (Wildman–Crippen MR) is 70.2 cm³/mol. The summed E-state index contributed by atoms with van der Waals surface area (Å²) in [5, 5.41) is 0.732. The maximum Gasteiger partial charge on any atom is 0.0673 e. The molecule has 0 spiro atoms. The monoisotopic (exact) mass is 257 g/mol. The number of benzene rings is 1. The van der Waals surface area contributed by atoms with Crippen LogP contribution in [0, 0.1) is 0 Å². The van der Waals surface area contributed by atoms with Crippen LogP contribution in [0.2, 0.25) is 5.02 Å². The molecular formula is C12H16ClNOS. The van der Waals surface area contributed by atoms with Crippen molar-refractivity contribution in [3.05, 3.63) is 23.2 Å². The molecule has 1 saturated heterocycles. The van der Waals surface area contributed by atoms with Crippen LogP contribution in [-0.4, -0.2) is 18.0 Å². The van der Waals surface area contributed by atoms with Gasteiger partial charge in [-0.2, -0.15) is 0 Å². The zero-order valence-electron chi connectivity index (χ0n) is 9.28. The summed E-state index contributed by atoms with van der Waals surface area (Å²) in [7, 11) is 0. The number of hydrogen-bond acceptors (Lipinski definition) is 3. The number of nitrogens with two attached hydrogens (primary N) is 1. The summed E-state index contributed by atoms with van der Waals surface area (Å²) in [5.41, 5.74) is 6.64. The van der Waals surface area contributed by atoms with Crippen molar-refractivity contribution < 1.29 is 4.74 Å². The van der Waals surface area contributed by atoms with E-state index in [2.05, 4.69) is 6.92 Å². The van der Waals surface area contributed by atoms with Crippen LogP contribution in [0.4, 0.5) is 5.69 Å². The van der Waals surface area contributed by atoms with Crippen molar-refractivity contribution in [2.75, 3.05) is 11.5 Å². The maximum atomic E-state index is 6.10. The van der Waals surface area contributed by atoms with Crippen LogP contribution in [0.1, 0.15) is 19.8 Å². The van der Waals surface area contributed by atoms with Crippen LogP contribution in [0.3, 0.4) is 0 Å². The third kappa shape index (κ3) is 2.84. The summed E-state index contributed by atoms with van der Waals surface area (Å²) in [6, 6.07) is 5.63. The second-order valence-electron chi connectivity index (χ2n) is 4.12. The lowest BCUT2D eigenvalue weighted by molar-refractivity contribution is 0.0700. The van der Waals surface area contributed by atoms with Crippen molar-refractivity contribution in [1.82, 2.24) is 0 Å². The molecule has 4 heteroatoms. The molecule has 0 radical (unpaired) electrons. The molecule has 0 saturated carbocycles. The van der Waals surface area contributed by atoms with Crippen molar-refractivity contribution in [2.24, 2.45) is 0 Å². The topological polar surface area (TPSA) is 35.2 Å². The van der Waals surface area contributed by atoms with E-state index in [0.717, 1.165) is 34.2 Å². The average Bonchev–Trinajstić information content (AvgIpc) is 2.63. The van der Waals surface area contributed by atoms with Gasteiger partial charge in [-0.15, -0.1) is 11.8 Å². The van der Waals surface area contributed by atoms with Gasteiger partial charge < -0.3 is 10.5 Å². The van der Waals surface area contributed by atoms with E-state index in [9.17, 15) is 0 Å². The first-order chi connectivity index (χ1) is 7.66. The Labute approximate surface area is 105 Å². The molecule has 88 valence electrons. The van der Waals surface area contributed by atoms with Gasteiger partial charge in [-0.1, -0.05) is 17.7 Å². The van der Waals surface area contributed by atoms with Crippen LogP contribution in [0.15, 0.2) is 23.1 Å². The minimum absolute atomic E-state index is 0.343. The highest BCUT2D eigenvalue weighted by atomic mass is 35.5. The van der Waals surface area contributed by atoms with Gasteiger partial charge in [0.15, 0.2) is 0 Å². The van der Waals surface area contributed by atoms with Crippen molar-refractivity contribution in [2.45, 2.75) is 36.9 Å². The van der Waals surface area contributed by atoms with Crippen molar-refractivity contribution >= 4 is 29.1 Å². The van der Waals surface area contributed by atoms with E-state index in [-0.39, 0.29) is 0 Å². The highest BCUT2D eigenvalue weighted by Gasteiger charge is 2.22. The van der Waals surface area contributed by atoms with Crippen molar-refractivity contribution in [1.29, 1.82) is 0 Å². The fraction of sp³-hybridized carbons (Fsp3) is 0.500. The third-order valence-corrected chi connectivity index (χ3v) is 4.44. The Kier molecular flexibility index (Phi) is 4.00. The van der Waals surface area contributed by atoms with Gasteiger partial charge in [0.25, 0.3) is 0 Å². The van der Waals surface area contributed by atoms with Gasteiger partial charge in [0.2, 0.25) is 0 Å². The lowest BCUT2D eigenvalue weighted by Crippen LogP contribution is -2.11. The minimum atomic E-state index is 0.343. The minimum Gasteiger partial charge on any atom is -0.398 e. The normalized spacial score (nSPS) is 24.9. The summed E-state index contributed by atoms with van der Waals surface area (Å²) < 4.78 is 5.76. The molecule has 1 aromatic carbocycles. The van der Waals surface area contributed by atoms with Gasteiger partial charge in [0.05, 0.1) is 17.2 Å². The van der Waals surface area contributed by atoms with Crippen LogP contribution in [-0.2, 0) is 4.74 Å². The summed E-state index contributed by atoms with van der Waals surface area (Å²) >= 11 is 7.79. The van der Waals surface area contributed by atoms with Crippen LogP contribution in [0.25, 0.3) is 0 Å². The molecule has 2 unspecified atom stereocenters. The lowest BCUT2D eigenvalue weighted by atomic mass is 10.2. The quantitative estimate of drug-likeness (QED) is 0.664. The van der Waals surface area contributed by atoms with E-state index in [1.807, 2.05) is 18.2 Å². The first-order valence-electron chi connectivity index (χ1n) is 5.49. The number of thioether (sulfide) groups is 1. The van der Waals surface area contributed by atoms with E-state index >= 15 is 0 Å². The number of hydrogen-bond donors (Lipinski definition) is 1. The number of ether oxygens (including phenoxy) is 1. The predicted octanol–water partition coefficient (Wildman–Crippen LogP) is 3.58.